The molecule has 2 heterocycles. The minimum Gasteiger partial charge on any atom is -0.383 e. The van der Waals surface area contributed by atoms with Gasteiger partial charge in [-0.1, -0.05) is 30.3 Å². The van der Waals surface area contributed by atoms with Crippen molar-refractivity contribution in [3.8, 4) is 11.4 Å². The zero-order chi connectivity index (χ0) is 19.6. The second-order valence-corrected chi connectivity index (χ2v) is 8.19. The minimum absolute atomic E-state index is 0.217. The van der Waals surface area contributed by atoms with Crippen molar-refractivity contribution < 1.29 is 4.74 Å². The molecule has 28 heavy (non-hydrogen) atoms. The molecule has 0 unspecified atom stereocenters. The molecule has 0 amide bonds. The normalized spacial score (nSPS) is 18.4. The molecule has 4 rings (SSSR count). The third-order valence-electron chi connectivity index (χ3n) is 6.63. The average molecular weight is 381 g/mol. The Morgan fingerprint density at radius 2 is 1.86 bits per heavy atom. The van der Waals surface area contributed by atoms with Crippen molar-refractivity contribution >= 4 is 5.82 Å². The van der Waals surface area contributed by atoms with Crippen molar-refractivity contribution in [2.75, 3.05) is 51.8 Å². The number of hydrogen-bond donors (Lipinski definition) is 0. The van der Waals surface area contributed by atoms with Crippen LogP contribution in [-0.4, -0.2) is 61.8 Å². The highest BCUT2D eigenvalue weighted by Crippen LogP contribution is 2.48. The van der Waals surface area contributed by atoms with Gasteiger partial charge in [-0.3, -0.25) is 0 Å². The van der Waals surface area contributed by atoms with E-state index < -0.39 is 0 Å². The predicted molar refractivity (Wildman–Crippen MR) is 114 cm³/mol. The van der Waals surface area contributed by atoms with Crippen molar-refractivity contribution in [3.63, 3.8) is 0 Å². The fourth-order valence-corrected chi connectivity index (χ4v) is 4.72. The fourth-order valence-electron chi connectivity index (χ4n) is 4.72. The SMILES string of the molecule is CCN(C)c1nc(-c2ccccc2)nc2c1CCC21CCN(CCOC)CC1. The molecule has 5 nitrogen and oxygen atoms in total. The monoisotopic (exact) mass is 380 g/mol. The molecule has 0 N–H and O–H groups in total. The van der Waals surface area contributed by atoms with Gasteiger partial charge in [-0.15, -0.1) is 0 Å². The fraction of sp³-hybridized carbons (Fsp3) is 0.565. The lowest BCUT2D eigenvalue weighted by Gasteiger charge is -2.39. The topological polar surface area (TPSA) is 41.5 Å². The number of benzene rings is 1. The summed E-state index contributed by atoms with van der Waals surface area (Å²) >= 11 is 0. The number of aromatic nitrogens is 2. The first-order chi connectivity index (χ1) is 13.7. The van der Waals surface area contributed by atoms with E-state index in [2.05, 4.69) is 48.0 Å². The first-order valence-corrected chi connectivity index (χ1v) is 10.6. The Labute approximate surface area is 168 Å². The predicted octanol–water partition coefficient (Wildman–Crippen LogP) is 3.53. The van der Waals surface area contributed by atoms with Crippen LogP contribution in [0, 0.1) is 0 Å². The summed E-state index contributed by atoms with van der Waals surface area (Å²) in [6.45, 7) is 7.25. The zero-order valence-corrected chi connectivity index (χ0v) is 17.4. The largest absolute Gasteiger partial charge is 0.383 e. The molecule has 0 atom stereocenters. The van der Waals surface area contributed by atoms with Gasteiger partial charge < -0.3 is 14.5 Å². The summed E-state index contributed by atoms with van der Waals surface area (Å²) in [5.74, 6) is 2.00. The number of likely N-dealkylation sites (tertiary alicyclic amines) is 1. The maximum Gasteiger partial charge on any atom is 0.161 e. The van der Waals surface area contributed by atoms with Gasteiger partial charge in [0.05, 0.1) is 12.3 Å². The Morgan fingerprint density at radius 1 is 1.11 bits per heavy atom. The molecule has 5 heteroatoms. The molecule has 1 saturated heterocycles. The van der Waals surface area contributed by atoms with Crippen LogP contribution in [0.25, 0.3) is 11.4 Å². The Balaban J connectivity index is 1.70. The Bertz CT molecular complexity index is 800. The van der Waals surface area contributed by atoms with Crippen LogP contribution in [0.3, 0.4) is 0 Å². The summed E-state index contributed by atoms with van der Waals surface area (Å²) in [6, 6.07) is 10.4. The number of piperidine rings is 1. The van der Waals surface area contributed by atoms with Gasteiger partial charge in [-0.25, -0.2) is 9.97 Å². The number of methoxy groups -OCH3 is 1. The molecule has 1 aliphatic carbocycles. The highest BCUT2D eigenvalue weighted by atomic mass is 16.5. The third kappa shape index (κ3) is 3.53. The molecule has 0 bridgehead atoms. The molecule has 1 aliphatic heterocycles. The third-order valence-corrected chi connectivity index (χ3v) is 6.63. The van der Waals surface area contributed by atoms with Crippen molar-refractivity contribution in [1.82, 2.24) is 14.9 Å². The smallest absolute Gasteiger partial charge is 0.161 e. The molecule has 2 aliphatic rings. The number of hydrogen-bond acceptors (Lipinski definition) is 5. The van der Waals surface area contributed by atoms with E-state index in [-0.39, 0.29) is 5.41 Å². The van der Waals surface area contributed by atoms with E-state index in [0.29, 0.717) is 0 Å². The molecule has 0 saturated carbocycles. The summed E-state index contributed by atoms with van der Waals surface area (Å²) in [6.07, 6.45) is 4.68. The first-order valence-electron chi connectivity index (χ1n) is 10.6. The summed E-state index contributed by atoms with van der Waals surface area (Å²) in [7, 11) is 3.93. The van der Waals surface area contributed by atoms with Crippen LogP contribution < -0.4 is 4.90 Å². The van der Waals surface area contributed by atoms with Gasteiger partial charge in [-0.2, -0.15) is 0 Å². The standard InChI is InChI=1S/C23H32N4O/c1-4-26(2)22-19-10-11-23(12-14-27(15-13-23)16-17-28-3)20(19)24-21(25-22)18-8-6-5-7-9-18/h5-9H,4,10-17H2,1-3H3. The summed E-state index contributed by atoms with van der Waals surface area (Å²) in [5, 5.41) is 0. The number of nitrogens with zero attached hydrogens (tertiary/aromatic N) is 4. The van der Waals surface area contributed by atoms with Gasteiger partial charge in [0.1, 0.15) is 5.82 Å². The Hall–Kier alpha value is -1.98. The highest BCUT2D eigenvalue weighted by molar-refractivity contribution is 5.62. The van der Waals surface area contributed by atoms with Crippen LogP contribution in [0.2, 0.25) is 0 Å². The van der Waals surface area contributed by atoms with E-state index in [1.54, 1.807) is 7.11 Å². The summed E-state index contributed by atoms with van der Waals surface area (Å²) < 4.78 is 5.27. The molecule has 150 valence electrons. The molecule has 1 spiro atoms. The molecule has 1 aromatic carbocycles. The summed E-state index contributed by atoms with van der Waals surface area (Å²) in [4.78, 5) is 15.0. The molecule has 1 aromatic heterocycles. The van der Waals surface area contributed by atoms with Gasteiger partial charge in [-0.05, 0) is 45.7 Å². The van der Waals surface area contributed by atoms with Crippen molar-refractivity contribution in [2.24, 2.45) is 0 Å². The van der Waals surface area contributed by atoms with Gasteiger partial charge in [0.2, 0.25) is 0 Å². The quantitative estimate of drug-likeness (QED) is 0.767. The van der Waals surface area contributed by atoms with Gasteiger partial charge in [0.15, 0.2) is 5.82 Å². The van der Waals surface area contributed by atoms with Gasteiger partial charge in [0, 0.05) is 43.8 Å². The number of rotatable bonds is 6. The second-order valence-electron chi connectivity index (χ2n) is 8.19. The highest BCUT2D eigenvalue weighted by Gasteiger charge is 2.44. The van der Waals surface area contributed by atoms with Crippen molar-refractivity contribution in [1.29, 1.82) is 0 Å². The Kier molecular flexibility index (Phi) is 5.65. The van der Waals surface area contributed by atoms with Gasteiger partial charge in [0.25, 0.3) is 0 Å². The number of ether oxygens (including phenoxy) is 1. The Morgan fingerprint density at radius 3 is 2.54 bits per heavy atom. The van der Waals surface area contributed by atoms with E-state index in [0.717, 1.165) is 56.4 Å². The lowest BCUT2D eigenvalue weighted by Crippen LogP contribution is -2.43. The van der Waals surface area contributed by atoms with E-state index in [1.807, 2.05) is 6.07 Å². The van der Waals surface area contributed by atoms with Crippen LogP contribution in [0.4, 0.5) is 5.82 Å². The van der Waals surface area contributed by atoms with Crippen LogP contribution in [0.15, 0.2) is 30.3 Å². The van der Waals surface area contributed by atoms with E-state index in [4.69, 9.17) is 14.7 Å². The van der Waals surface area contributed by atoms with Crippen LogP contribution in [0.1, 0.15) is 37.4 Å². The maximum atomic E-state index is 5.27. The van der Waals surface area contributed by atoms with Crippen molar-refractivity contribution in [3.05, 3.63) is 41.6 Å². The zero-order valence-electron chi connectivity index (χ0n) is 17.4. The lowest BCUT2D eigenvalue weighted by atomic mass is 9.76. The van der Waals surface area contributed by atoms with E-state index in [9.17, 15) is 0 Å². The molecule has 2 aromatic rings. The number of anilines is 1. The van der Waals surface area contributed by atoms with Gasteiger partial charge >= 0.3 is 0 Å². The summed E-state index contributed by atoms with van der Waals surface area (Å²) in [5.41, 5.74) is 4.03. The minimum atomic E-state index is 0.217. The number of fused-ring (bicyclic) bond motifs is 2. The average Bonchev–Trinajstić information content (AvgIpc) is 3.11. The molecule has 0 radical (unpaired) electrons. The second kappa shape index (κ2) is 8.18. The lowest BCUT2D eigenvalue weighted by molar-refractivity contribution is 0.108. The molecule has 1 fully saturated rings. The first kappa shape index (κ1) is 19.3. The van der Waals surface area contributed by atoms with Crippen LogP contribution in [-0.2, 0) is 16.6 Å². The van der Waals surface area contributed by atoms with E-state index >= 15 is 0 Å². The molecular weight excluding hydrogens is 348 g/mol. The van der Waals surface area contributed by atoms with Crippen LogP contribution in [0.5, 0.6) is 0 Å². The van der Waals surface area contributed by atoms with Crippen molar-refractivity contribution in [2.45, 2.75) is 38.0 Å². The maximum absolute atomic E-state index is 5.27. The van der Waals surface area contributed by atoms with E-state index in [1.165, 1.54) is 30.5 Å². The molecular formula is C23H32N4O. The van der Waals surface area contributed by atoms with Crippen LogP contribution >= 0.6 is 0 Å².